The van der Waals surface area contributed by atoms with Crippen LogP contribution in [0.25, 0.3) is 0 Å². The number of rotatable bonds is 5. The van der Waals surface area contributed by atoms with Crippen molar-refractivity contribution in [2.45, 2.75) is 31.7 Å². The molecule has 1 fully saturated rings. The first kappa shape index (κ1) is 17.5. The van der Waals surface area contributed by atoms with E-state index in [2.05, 4.69) is 16.7 Å². The second kappa shape index (κ2) is 8.67. The Morgan fingerprint density at radius 3 is 2.52 bits per heavy atom. The van der Waals surface area contributed by atoms with Gasteiger partial charge in [0.2, 0.25) is 5.91 Å². The summed E-state index contributed by atoms with van der Waals surface area (Å²) in [5.41, 5.74) is 0.779. The molecule has 0 aliphatic carbocycles. The number of hydrogen-bond acceptors (Lipinski definition) is 3. The summed E-state index contributed by atoms with van der Waals surface area (Å²) in [5, 5.41) is 7.86. The van der Waals surface area contributed by atoms with Crippen molar-refractivity contribution >= 4 is 29.0 Å². The van der Waals surface area contributed by atoms with Crippen LogP contribution in [0, 0.1) is 0 Å². The van der Waals surface area contributed by atoms with E-state index >= 15 is 0 Å². The van der Waals surface area contributed by atoms with E-state index in [0.29, 0.717) is 19.5 Å². The summed E-state index contributed by atoms with van der Waals surface area (Å²) >= 11 is 1.69. The van der Waals surface area contributed by atoms with Crippen LogP contribution in [0.1, 0.15) is 24.1 Å². The first-order chi connectivity index (χ1) is 12.2. The predicted octanol–water partition coefficient (Wildman–Crippen LogP) is 3.49. The Kier molecular flexibility index (Phi) is 6.06. The van der Waals surface area contributed by atoms with Crippen LogP contribution in [0.5, 0.6) is 0 Å². The monoisotopic (exact) mass is 357 g/mol. The van der Waals surface area contributed by atoms with Crippen LogP contribution in [0.2, 0.25) is 0 Å². The van der Waals surface area contributed by atoms with Crippen molar-refractivity contribution in [2.24, 2.45) is 0 Å². The van der Waals surface area contributed by atoms with Gasteiger partial charge in [0.15, 0.2) is 0 Å². The fourth-order valence-electron chi connectivity index (χ4n) is 2.99. The molecule has 25 heavy (non-hydrogen) atoms. The molecule has 2 aromatic rings. The van der Waals surface area contributed by atoms with Crippen LogP contribution in [0.15, 0.2) is 47.8 Å². The Morgan fingerprint density at radius 2 is 1.84 bits per heavy atom. The number of urea groups is 1. The fraction of sp³-hybridized carbons (Fsp3) is 0.368. The number of para-hydroxylation sites is 1. The molecule has 0 saturated carbocycles. The van der Waals surface area contributed by atoms with Crippen molar-refractivity contribution in [1.82, 2.24) is 10.2 Å². The van der Waals surface area contributed by atoms with Crippen molar-refractivity contribution in [3.8, 4) is 0 Å². The van der Waals surface area contributed by atoms with Crippen LogP contribution in [-0.4, -0.2) is 36.0 Å². The molecule has 132 valence electrons. The smallest absolute Gasteiger partial charge is 0.319 e. The van der Waals surface area contributed by atoms with E-state index in [1.807, 2.05) is 46.7 Å². The number of carbonyl (C=O) groups excluding carboxylic acids is 2. The highest BCUT2D eigenvalue weighted by Gasteiger charge is 2.23. The topological polar surface area (TPSA) is 61.4 Å². The first-order valence-electron chi connectivity index (χ1n) is 8.63. The summed E-state index contributed by atoms with van der Waals surface area (Å²) in [6.45, 7) is 1.42. The third-order valence-corrected chi connectivity index (χ3v) is 5.32. The minimum absolute atomic E-state index is 0.116. The van der Waals surface area contributed by atoms with Gasteiger partial charge in [-0.15, -0.1) is 11.3 Å². The van der Waals surface area contributed by atoms with Gasteiger partial charge in [0, 0.05) is 36.1 Å². The minimum Gasteiger partial charge on any atom is -0.343 e. The van der Waals surface area contributed by atoms with Crippen LogP contribution in [-0.2, 0) is 11.2 Å². The summed E-state index contributed by atoms with van der Waals surface area (Å²) in [7, 11) is 0. The van der Waals surface area contributed by atoms with E-state index in [9.17, 15) is 9.59 Å². The lowest BCUT2D eigenvalue weighted by Crippen LogP contribution is -2.47. The van der Waals surface area contributed by atoms with Gasteiger partial charge in [0.1, 0.15) is 0 Å². The molecule has 0 unspecified atom stereocenters. The number of amides is 3. The normalized spacial score (nSPS) is 15.0. The molecule has 1 aromatic heterocycles. The lowest BCUT2D eigenvalue weighted by atomic mass is 10.0. The molecule has 3 rings (SSSR count). The lowest BCUT2D eigenvalue weighted by molar-refractivity contribution is -0.132. The third kappa shape index (κ3) is 5.32. The molecular formula is C19H23N3O2S. The second-order valence-corrected chi connectivity index (χ2v) is 7.23. The molecule has 6 heteroatoms. The molecular weight excluding hydrogens is 334 g/mol. The van der Waals surface area contributed by atoms with Gasteiger partial charge in [-0.1, -0.05) is 24.3 Å². The molecule has 1 aliphatic rings. The zero-order chi connectivity index (χ0) is 17.5. The van der Waals surface area contributed by atoms with Crippen LogP contribution in [0.4, 0.5) is 10.5 Å². The molecule has 0 atom stereocenters. The maximum Gasteiger partial charge on any atom is 0.319 e. The molecule has 0 bridgehead atoms. The number of nitrogens with one attached hydrogen (secondary N) is 2. The van der Waals surface area contributed by atoms with Crippen LogP contribution >= 0.6 is 11.3 Å². The van der Waals surface area contributed by atoms with Gasteiger partial charge in [-0.3, -0.25) is 4.79 Å². The molecule has 1 saturated heterocycles. The fourth-order valence-corrected chi connectivity index (χ4v) is 3.70. The number of thiophene rings is 1. The Bertz CT molecular complexity index is 680. The molecule has 2 heterocycles. The van der Waals surface area contributed by atoms with Gasteiger partial charge >= 0.3 is 6.03 Å². The summed E-state index contributed by atoms with van der Waals surface area (Å²) in [6.07, 6.45) is 2.97. The SMILES string of the molecule is O=C(Nc1ccccc1)NC1CCN(C(=O)CCc2cccs2)CC1. The number of likely N-dealkylation sites (tertiary alicyclic amines) is 1. The van der Waals surface area contributed by atoms with Crippen molar-refractivity contribution in [3.05, 3.63) is 52.7 Å². The lowest BCUT2D eigenvalue weighted by Gasteiger charge is -2.32. The Labute approximate surface area is 152 Å². The van der Waals surface area contributed by atoms with Crippen LogP contribution in [0.3, 0.4) is 0 Å². The predicted molar refractivity (Wildman–Crippen MR) is 101 cm³/mol. The van der Waals surface area contributed by atoms with Crippen LogP contribution < -0.4 is 10.6 Å². The van der Waals surface area contributed by atoms with Crippen molar-refractivity contribution < 1.29 is 9.59 Å². The maximum absolute atomic E-state index is 12.3. The molecule has 0 radical (unpaired) electrons. The number of aryl methyl sites for hydroxylation is 1. The van der Waals surface area contributed by atoms with E-state index in [-0.39, 0.29) is 18.0 Å². The molecule has 1 aromatic carbocycles. The summed E-state index contributed by atoms with van der Waals surface area (Å²) in [6, 6.07) is 13.4. The van der Waals surface area contributed by atoms with E-state index in [1.165, 1.54) is 4.88 Å². The van der Waals surface area contributed by atoms with Gasteiger partial charge in [-0.05, 0) is 42.8 Å². The van der Waals surface area contributed by atoms with Gasteiger partial charge in [-0.2, -0.15) is 0 Å². The van der Waals surface area contributed by atoms with E-state index < -0.39 is 0 Å². The van der Waals surface area contributed by atoms with Crippen molar-refractivity contribution in [1.29, 1.82) is 0 Å². The summed E-state index contributed by atoms with van der Waals surface area (Å²) in [5.74, 6) is 0.209. The number of hydrogen-bond donors (Lipinski definition) is 2. The van der Waals surface area contributed by atoms with Crippen molar-refractivity contribution in [3.63, 3.8) is 0 Å². The molecule has 2 N–H and O–H groups in total. The highest BCUT2D eigenvalue weighted by Crippen LogP contribution is 2.15. The molecule has 5 nitrogen and oxygen atoms in total. The minimum atomic E-state index is -0.186. The number of benzene rings is 1. The number of anilines is 1. The molecule has 3 amide bonds. The van der Waals surface area contributed by atoms with Gasteiger partial charge in [0.05, 0.1) is 0 Å². The first-order valence-corrected chi connectivity index (χ1v) is 9.51. The number of carbonyl (C=O) groups is 2. The molecule has 0 spiro atoms. The summed E-state index contributed by atoms with van der Waals surface area (Å²) in [4.78, 5) is 27.5. The average molecular weight is 357 g/mol. The van der Waals surface area contributed by atoms with Crippen molar-refractivity contribution in [2.75, 3.05) is 18.4 Å². The quantitative estimate of drug-likeness (QED) is 0.860. The highest BCUT2D eigenvalue weighted by atomic mass is 32.1. The zero-order valence-corrected chi connectivity index (χ0v) is 14.9. The largest absolute Gasteiger partial charge is 0.343 e. The molecule has 1 aliphatic heterocycles. The average Bonchev–Trinajstić information content (AvgIpc) is 3.14. The Hall–Kier alpha value is -2.34. The Morgan fingerprint density at radius 1 is 1.08 bits per heavy atom. The standard InChI is InChI=1S/C19H23N3O2S/c23-18(9-8-17-7-4-14-25-17)22-12-10-16(11-13-22)21-19(24)20-15-5-2-1-3-6-15/h1-7,14,16H,8-13H2,(H2,20,21,24). The second-order valence-electron chi connectivity index (χ2n) is 6.20. The van der Waals surface area contributed by atoms with E-state index in [1.54, 1.807) is 11.3 Å². The number of piperidine rings is 1. The van der Waals surface area contributed by atoms with E-state index in [4.69, 9.17) is 0 Å². The van der Waals surface area contributed by atoms with Gasteiger partial charge in [-0.25, -0.2) is 4.79 Å². The number of nitrogens with zero attached hydrogens (tertiary/aromatic N) is 1. The van der Waals surface area contributed by atoms with Gasteiger partial charge < -0.3 is 15.5 Å². The maximum atomic E-state index is 12.3. The highest BCUT2D eigenvalue weighted by molar-refractivity contribution is 7.09. The van der Waals surface area contributed by atoms with Gasteiger partial charge in [0.25, 0.3) is 0 Å². The third-order valence-electron chi connectivity index (χ3n) is 4.38. The summed E-state index contributed by atoms with van der Waals surface area (Å²) < 4.78 is 0. The Balaban J connectivity index is 1.38. The zero-order valence-electron chi connectivity index (χ0n) is 14.1. The van der Waals surface area contributed by atoms with E-state index in [0.717, 1.165) is 24.9 Å².